The van der Waals surface area contributed by atoms with Crippen LogP contribution >= 0.6 is 0 Å². The van der Waals surface area contributed by atoms with Gasteiger partial charge in [0.15, 0.2) is 6.79 Å². The van der Waals surface area contributed by atoms with Gasteiger partial charge in [-0.25, -0.2) is 0 Å². The van der Waals surface area contributed by atoms with Crippen molar-refractivity contribution in [2.75, 3.05) is 13.4 Å². The molecule has 14 heavy (non-hydrogen) atoms. The maximum absolute atomic E-state index is 5.49. The fourth-order valence-electron chi connectivity index (χ4n) is 1.32. The quantitative estimate of drug-likeness (QED) is 0.527. The van der Waals surface area contributed by atoms with Crippen LogP contribution in [0, 0.1) is 12.8 Å². The summed E-state index contributed by atoms with van der Waals surface area (Å²) < 4.78 is 10.9. The van der Waals surface area contributed by atoms with Gasteiger partial charge in [-0.15, -0.1) is 0 Å². The lowest BCUT2D eigenvalue weighted by atomic mass is 10.2. The zero-order valence-corrected chi connectivity index (χ0v) is 8.53. The Bertz CT molecular complexity index is 292. The van der Waals surface area contributed by atoms with Gasteiger partial charge >= 0.3 is 0 Å². The fraction of sp³-hybridized carbons (Fsp3) is 0.500. The van der Waals surface area contributed by atoms with Crippen molar-refractivity contribution in [1.29, 1.82) is 0 Å². The van der Waals surface area contributed by atoms with Crippen LogP contribution < -0.4 is 4.74 Å². The molecule has 0 amide bonds. The van der Waals surface area contributed by atoms with E-state index in [9.17, 15) is 0 Å². The van der Waals surface area contributed by atoms with Gasteiger partial charge in [0.25, 0.3) is 0 Å². The minimum atomic E-state index is 0.376. The molecular weight excluding hydrogens is 176 g/mol. The molecule has 2 heteroatoms. The minimum Gasteiger partial charge on any atom is -0.467 e. The van der Waals surface area contributed by atoms with E-state index in [2.05, 4.69) is 0 Å². The van der Waals surface area contributed by atoms with Crippen molar-refractivity contribution in [3.8, 4) is 5.75 Å². The molecule has 0 saturated heterocycles. The van der Waals surface area contributed by atoms with Gasteiger partial charge < -0.3 is 9.47 Å². The third-order valence-electron chi connectivity index (χ3n) is 2.44. The average Bonchev–Trinajstić information content (AvgIpc) is 2.99. The molecule has 0 atom stereocenters. The Morgan fingerprint density at radius 1 is 1.29 bits per heavy atom. The average molecular weight is 192 g/mol. The Hall–Kier alpha value is -1.02. The second-order valence-corrected chi connectivity index (χ2v) is 3.84. The van der Waals surface area contributed by atoms with Crippen molar-refractivity contribution in [2.45, 2.75) is 19.8 Å². The lowest BCUT2D eigenvalue weighted by molar-refractivity contribution is 0.00961. The summed E-state index contributed by atoms with van der Waals surface area (Å²) in [4.78, 5) is 0. The highest BCUT2D eigenvalue weighted by molar-refractivity contribution is 5.31. The van der Waals surface area contributed by atoms with E-state index in [0.29, 0.717) is 6.79 Å². The van der Waals surface area contributed by atoms with Gasteiger partial charge in [0.2, 0.25) is 0 Å². The second kappa shape index (κ2) is 4.47. The first-order chi connectivity index (χ1) is 6.86. The summed E-state index contributed by atoms with van der Waals surface area (Å²) >= 11 is 0. The summed E-state index contributed by atoms with van der Waals surface area (Å²) in [7, 11) is 0. The molecule has 0 radical (unpaired) electrons. The van der Waals surface area contributed by atoms with Crippen molar-refractivity contribution in [3.63, 3.8) is 0 Å². The Morgan fingerprint density at radius 3 is 2.79 bits per heavy atom. The van der Waals surface area contributed by atoms with Crippen molar-refractivity contribution >= 4 is 0 Å². The van der Waals surface area contributed by atoms with Gasteiger partial charge in [0.05, 0.1) is 6.61 Å². The van der Waals surface area contributed by atoms with E-state index in [1.54, 1.807) is 0 Å². The van der Waals surface area contributed by atoms with E-state index in [1.807, 2.05) is 31.2 Å². The maximum Gasteiger partial charge on any atom is 0.189 e. The van der Waals surface area contributed by atoms with Crippen molar-refractivity contribution in [2.24, 2.45) is 5.92 Å². The molecular formula is C12H16O2. The molecule has 0 heterocycles. The molecule has 1 aromatic carbocycles. The fourth-order valence-corrected chi connectivity index (χ4v) is 1.32. The van der Waals surface area contributed by atoms with Crippen LogP contribution in [0.1, 0.15) is 18.4 Å². The highest BCUT2D eigenvalue weighted by atomic mass is 16.7. The first-order valence-corrected chi connectivity index (χ1v) is 5.12. The standard InChI is InChI=1S/C12H16O2/c1-10-4-2-3-5-12(10)14-9-13-8-11-6-7-11/h2-5,11H,6-9H2,1H3. The Kier molecular flexibility index (Phi) is 3.04. The van der Waals surface area contributed by atoms with Crippen LogP contribution in [0.3, 0.4) is 0 Å². The Morgan fingerprint density at radius 2 is 2.07 bits per heavy atom. The zero-order chi connectivity index (χ0) is 9.80. The number of rotatable bonds is 5. The number of aryl methyl sites for hydroxylation is 1. The summed E-state index contributed by atoms with van der Waals surface area (Å²) in [5.74, 6) is 1.72. The summed E-state index contributed by atoms with van der Waals surface area (Å²) in [5, 5.41) is 0. The smallest absolute Gasteiger partial charge is 0.189 e. The topological polar surface area (TPSA) is 18.5 Å². The predicted octanol–water partition coefficient (Wildman–Crippen LogP) is 2.76. The van der Waals surface area contributed by atoms with E-state index in [-0.39, 0.29) is 0 Å². The summed E-state index contributed by atoms with van der Waals surface area (Å²) in [6.45, 7) is 3.27. The molecule has 2 nitrogen and oxygen atoms in total. The molecule has 2 rings (SSSR count). The molecule has 76 valence electrons. The molecule has 0 spiro atoms. The van der Waals surface area contributed by atoms with Gasteiger partial charge in [-0.3, -0.25) is 0 Å². The zero-order valence-electron chi connectivity index (χ0n) is 8.53. The van der Waals surface area contributed by atoms with Crippen LogP contribution in [-0.4, -0.2) is 13.4 Å². The normalized spacial score (nSPS) is 15.5. The van der Waals surface area contributed by atoms with Crippen LogP contribution in [0.2, 0.25) is 0 Å². The van der Waals surface area contributed by atoms with Crippen LogP contribution in [0.15, 0.2) is 24.3 Å². The summed E-state index contributed by atoms with van der Waals surface area (Å²) in [6.07, 6.45) is 2.65. The third kappa shape index (κ3) is 2.74. The molecule has 1 aromatic rings. The Balaban J connectivity index is 1.71. The van der Waals surface area contributed by atoms with Crippen LogP contribution in [0.5, 0.6) is 5.75 Å². The van der Waals surface area contributed by atoms with E-state index in [0.717, 1.165) is 23.8 Å². The number of para-hydroxylation sites is 1. The summed E-state index contributed by atoms with van der Waals surface area (Å²) in [5.41, 5.74) is 1.16. The van der Waals surface area contributed by atoms with Crippen LogP contribution in [-0.2, 0) is 4.74 Å². The van der Waals surface area contributed by atoms with Gasteiger partial charge in [-0.05, 0) is 37.3 Å². The lowest BCUT2D eigenvalue weighted by Gasteiger charge is -2.08. The number of benzene rings is 1. The predicted molar refractivity (Wildman–Crippen MR) is 55.4 cm³/mol. The van der Waals surface area contributed by atoms with Crippen LogP contribution in [0.4, 0.5) is 0 Å². The highest BCUT2D eigenvalue weighted by Gasteiger charge is 2.21. The first kappa shape index (κ1) is 9.53. The molecule has 1 saturated carbocycles. The van der Waals surface area contributed by atoms with E-state index < -0.39 is 0 Å². The van der Waals surface area contributed by atoms with Crippen LogP contribution in [0.25, 0.3) is 0 Å². The number of hydrogen-bond donors (Lipinski definition) is 0. The van der Waals surface area contributed by atoms with Gasteiger partial charge in [0, 0.05) is 0 Å². The SMILES string of the molecule is Cc1ccccc1OCOCC1CC1. The van der Waals surface area contributed by atoms with E-state index in [1.165, 1.54) is 12.8 Å². The van der Waals surface area contributed by atoms with Crippen molar-refractivity contribution < 1.29 is 9.47 Å². The molecule has 1 aliphatic rings. The Labute approximate surface area is 84.8 Å². The molecule has 1 aliphatic carbocycles. The summed E-state index contributed by atoms with van der Waals surface area (Å²) in [6, 6.07) is 7.99. The first-order valence-electron chi connectivity index (χ1n) is 5.12. The second-order valence-electron chi connectivity index (χ2n) is 3.84. The van der Waals surface area contributed by atoms with Gasteiger partial charge in [-0.1, -0.05) is 18.2 Å². The number of ether oxygens (including phenoxy) is 2. The van der Waals surface area contributed by atoms with Gasteiger partial charge in [0.1, 0.15) is 5.75 Å². The minimum absolute atomic E-state index is 0.376. The molecule has 0 N–H and O–H groups in total. The van der Waals surface area contributed by atoms with E-state index >= 15 is 0 Å². The molecule has 0 aromatic heterocycles. The maximum atomic E-state index is 5.49. The van der Waals surface area contributed by atoms with E-state index in [4.69, 9.17) is 9.47 Å². The molecule has 0 unspecified atom stereocenters. The third-order valence-corrected chi connectivity index (χ3v) is 2.44. The highest BCUT2D eigenvalue weighted by Crippen LogP contribution is 2.28. The molecule has 0 aliphatic heterocycles. The monoisotopic (exact) mass is 192 g/mol. The number of hydrogen-bond acceptors (Lipinski definition) is 2. The van der Waals surface area contributed by atoms with Gasteiger partial charge in [-0.2, -0.15) is 0 Å². The van der Waals surface area contributed by atoms with Crippen molar-refractivity contribution in [1.82, 2.24) is 0 Å². The molecule has 1 fully saturated rings. The van der Waals surface area contributed by atoms with Crippen molar-refractivity contribution in [3.05, 3.63) is 29.8 Å². The largest absolute Gasteiger partial charge is 0.467 e. The molecule has 0 bridgehead atoms. The lowest BCUT2D eigenvalue weighted by Crippen LogP contribution is -2.05.